The molecule has 25 heavy (non-hydrogen) atoms. The van der Waals surface area contributed by atoms with Gasteiger partial charge in [0.2, 0.25) is 0 Å². The lowest BCUT2D eigenvalue weighted by Crippen LogP contribution is -2.22. The molecule has 2 heterocycles. The molecular weight excluding hydrogens is 314 g/mol. The number of amides is 1. The van der Waals surface area contributed by atoms with Crippen molar-refractivity contribution in [2.75, 3.05) is 5.32 Å². The minimum atomic E-state index is -0.141. The van der Waals surface area contributed by atoms with Gasteiger partial charge in [-0.05, 0) is 31.7 Å². The molecule has 2 aromatic heterocycles. The monoisotopic (exact) mass is 335 g/mol. The van der Waals surface area contributed by atoms with Crippen LogP contribution < -0.4 is 5.32 Å². The molecule has 1 aromatic carbocycles. The Balaban J connectivity index is 1.50. The summed E-state index contributed by atoms with van der Waals surface area (Å²) < 4.78 is 3.78. The zero-order valence-corrected chi connectivity index (χ0v) is 14.2. The molecule has 1 aliphatic rings. The molecular formula is C19H21N5O. The van der Waals surface area contributed by atoms with Gasteiger partial charge in [0.1, 0.15) is 5.82 Å². The van der Waals surface area contributed by atoms with Gasteiger partial charge in [0.15, 0.2) is 0 Å². The lowest BCUT2D eigenvalue weighted by Gasteiger charge is -2.27. The number of carbonyl (C=O) groups is 1. The van der Waals surface area contributed by atoms with Crippen molar-refractivity contribution < 1.29 is 4.79 Å². The van der Waals surface area contributed by atoms with Gasteiger partial charge in [-0.2, -0.15) is 10.2 Å². The normalized spacial score (nSPS) is 14.3. The molecule has 0 atom stereocenters. The van der Waals surface area contributed by atoms with Crippen molar-refractivity contribution in [3.63, 3.8) is 0 Å². The largest absolute Gasteiger partial charge is 0.307 e. The van der Waals surface area contributed by atoms with Gasteiger partial charge in [-0.15, -0.1) is 0 Å². The number of aromatic nitrogens is 4. The summed E-state index contributed by atoms with van der Waals surface area (Å²) in [7, 11) is 0. The van der Waals surface area contributed by atoms with Crippen molar-refractivity contribution >= 4 is 11.7 Å². The van der Waals surface area contributed by atoms with Crippen LogP contribution in [0.1, 0.15) is 46.9 Å². The summed E-state index contributed by atoms with van der Waals surface area (Å²) in [6, 6.07) is 12.4. The number of anilines is 1. The van der Waals surface area contributed by atoms with Crippen LogP contribution in [-0.4, -0.2) is 25.5 Å². The zero-order chi connectivity index (χ0) is 17.2. The molecule has 0 radical (unpaired) electrons. The van der Waals surface area contributed by atoms with Crippen molar-refractivity contribution in [2.24, 2.45) is 0 Å². The first-order valence-corrected chi connectivity index (χ1v) is 8.63. The Hall–Kier alpha value is -2.89. The third kappa shape index (κ3) is 3.07. The van der Waals surface area contributed by atoms with Crippen molar-refractivity contribution in [3.05, 3.63) is 65.6 Å². The smallest absolute Gasteiger partial charge is 0.260 e. The number of rotatable bonds is 5. The third-order valence-corrected chi connectivity index (χ3v) is 4.86. The standard InChI is InChI=1S/C19H21N5O/c1-14-17(12-21-23(14)13-15-6-3-2-4-7-15)19(25)22-18-10-11-20-24(18)16-8-5-9-16/h2-4,6-7,10-12,16H,5,8-9,13H2,1H3,(H,22,25). The van der Waals surface area contributed by atoms with E-state index in [2.05, 4.69) is 27.6 Å². The molecule has 0 saturated heterocycles. The van der Waals surface area contributed by atoms with E-state index >= 15 is 0 Å². The van der Waals surface area contributed by atoms with Crippen LogP contribution in [0.25, 0.3) is 0 Å². The van der Waals surface area contributed by atoms with E-state index in [0.29, 0.717) is 18.2 Å². The minimum Gasteiger partial charge on any atom is -0.307 e. The summed E-state index contributed by atoms with van der Waals surface area (Å²) in [6.07, 6.45) is 6.84. The summed E-state index contributed by atoms with van der Waals surface area (Å²) in [6.45, 7) is 2.58. The van der Waals surface area contributed by atoms with Crippen molar-refractivity contribution in [3.8, 4) is 0 Å². The first-order chi connectivity index (χ1) is 12.2. The molecule has 6 heteroatoms. The van der Waals surface area contributed by atoms with Gasteiger partial charge >= 0.3 is 0 Å². The average Bonchev–Trinajstić information content (AvgIpc) is 3.15. The Labute approximate surface area is 146 Å². The van der Waals surface area contributed by atoms with E-state index in [1.54, 1.807) is 12.4 Å². The Bertz CT molecular complexity index is 876. The van der Waals surface area contributed by atoms with Crippen molar-refractivity contribution in [1.82, 2.24) is 19.6 Å². The molecule has 1 aliphatic carbocycles. The topological polar surface area (TPSA) is 64.7 Å². The van der Waals surface area contributed by atoms with Gasteiger partial charge in [0.05, 0.1) is 30.5 Å². The summed E-state index contributed by atoms with van der Waals surface area (Å²) in [5.41, 5.74) is 2.61. The third-order valence-electron chi connectivity index (χ3n) is 4.86. The highest BCUT2D eigenvalue weighted by atomic mass is 16.1. The molecule has 0 unspecified atom stereocenters. The number of hydrogen-bond acceptors (Lipinski definition) is 3. The van der Waals surface area contributed by atoms with Crippen LogP contribution in [0.5, 0.6) is 0 Å². The number of nitrogens with one attached hydrogen (secondary N) is 1. The van der Waals surface area contributed by atoms with Crippen molar-refractivity contribution in [1.29, 1.82) is 0 Å². The second-order valence-electron chi connectivity index (χ2n) is 6.49. The van der Waals surface area contributed by atoms with Crippen LogP contribution >= 0.6 is 0 Å². The summed E-state index contributed by atoms with van der Waals surface area (Å²) in [4.78, 5) is 12.7. The molecule has 0 spiro atoms. The van der Waals surface area contributed by atoms with Crippen LogP contribution in [0, 0.1) is 6.92 Å². The first kappa shape index (κ1) is 15.6. The van der Waals surface area contributed by atoms with Gasteiger partial charge in [-0.25, -0.2) is 4.68 Å². The molecule has 1 N–H and O–H groups in total. The van der Waals surface area contributed by atoms with Gasteiger partial charge in [0.25, 0.3) is 5.91 Å². The van der Waals surface area contributed by atoms with Crippen LogP contribution in [0.2, 0.25) is 0 Å². The molecule has 6 nitrogen and oxygen atoms in total. The van der Waals surface area contributed by atoms with E-state index < -0.39 is 0 Å². The second-order valence-corrected chi connectivity index (χ2v) is 6.49. The quantitative estimate of drug-likeness (QED) is 0.777. The number of benzene rings is 1. The van der Waals surface area contributed by atoms with Crippen LogP contribution in [-0.2, 0) is 6.54 Å². The van der Waals surface area contributed by atoms with E-state index in [1.807, 2.05) is 40.6 Å². The van der Waals surface area contributed by atoms with Gasteiger partial charge in [-0.1, -0.05) is 30.3 Å². The fourth-order valence-corrected chi connectivity index (χ4v) is 3.10. The maximum Gasteiger partial charge on any atom is 0.260 e. The zero-order valence-electron chi connectivity index (χ0n) is 14.2. The maximum absolute atomic E-state index is 12.7. The molecule has 128 valence electrons. The lowest BCUT2D eigenvalue weighted by molar-refractivity contribution is 0.102. The Morgan fingerprint density at radius 2 is 2.00 bits per heavy atom. The van der Waals surface area contributed by atoms with Gasteiger partial charge in [-0.3, -0.25) is 9.48 Å². The van der Waals surface area contributed by atoms with Crippen molar-refractivity contribution in [2.45, 2.75) is 38.8 Å². The van der Waals surface area contributed by atoms with E-state index in [1.165, 1.54) is 6.42 Å². The van der Waals surface area contributed by atoms with Crippen LogP contribution in [0.4, 0.5) is 5.82 Å². The van der Waals surface area contributed by atoms with E-state index in [-0.39, 0.29) is 5.91 Å². The van der Waals surface area contributed by atoms with E-state index in [9.17, 15) is 4.79 Å². The maximum atomic E-state index is 12.7. The minimum absolute atomic E-state index is 0.141. The molecule has 0 bridgehead atoms. The number of hydrogen-bond donors (Lipinski definition) is 1. The van der Waals surface area contributed by atoms with Crippen LogP contribution in [0.15, 0.2) is 48.8 Å². The van der Waals surface area contributed by atoms with E-state index in [0.717, 1.165) is 29.9 Å². The summed E-state index contributed by atoms with van der Waals surface area (Å²) >= 11 is 0. The average molecular weight is 335 g/mol. The summed E-state index contributed by atoms with van der Waals surface area (Å²) in [5.74, 6) is 0.614. The number of carbonyl (C=O) groups excluding carboxylic acids is 1. The fourth-order valence-electron chi connectivity index (χ4n) is 3.10. The molecule has 3 aromatic rings. The number of nitrogens with zero attached hydrogens (tertiary/aromatic N) is 4. The van der Waals surface area contributed by atoms with Crippen LogP contribution in [0.3, 0.4) is 0 Å². The van der Waals surface area contributed by atoms with Gasteiger partial charge in [0, 0.05) is 11.8 Å². The molecule has 1 amide bonds. The van der Waals surface area contributed by atoms with E-state index in [4.69, 9.17) is 0 Å². The Kier molecular flexibility index (Phi) is 4.09. The Morgan fingerprint density at radius 1 is 1.20 bits per heavy atom. The molecule has 0 aliphatic heterocycles. The first-order valence-electron chi connectivity index (χ1n) is 8.63. The highest BCUT2D eigenvalue weighted by Crippen LogP contribution is 2.33. The fraction of sp³-hybridized carbons (Fsp3) is 0.316. The highest BCUT2D eigenvalue weighted by Gasteiger charge is 2.23. The Morgan fingerprint density at radius 3 is 2.72 bits per heavy atom. The van der Waals surface area contributed by atoms with Gasteiger partial charge < -0.3 is 5.32 Å². The lowest BCUT2D eigenvalue weighted by atomic mass is 9.93. The predicted octanol–water partition coefficient (Wildman–Crippen LogP) is 3.41. The molecule has 1 fully saturated rings. The summed E-state index contributed by atoms with van der Waals surface area (Å²) in [5, 5.41) is 11.7. The predicted molar refractivity (Wildman–Crippen MR) is 95.6 cm³/mol. The SMILES string of the molecule is Cc1c(C(=O)Nc2ccnn2C2CCC2)cnn1Cc1ccccc1. The molecule has 4 rings (SSSR count). The highest BCUT2D eigenvalue weighted by molar-refractivity contribution is 6.04. The molecule has 1 saturated carbocycles. The second kappa shape index (κ2) is 6.55.